The largest absolute Gasteiger partial charge is 0.338 e. The number of fused-ring (bicyclic) bond motifs is 1. The average molecular weight is 520 g/mol. The third kappa shape index (κ3) is 5.34. The Balaban J connectivity index is 1.27. The SMILES string of the molecule is CC[C@H](C(=O)N1CCN(C(=O)CN2CCc3sccc3[C@@H]2c2cccc(F)c2)C[C@H]1C)c1ccccc1. The van der Waals surface area contributed by atoms with Gasteiger partial charge in [0, 0.05) is 37.1 Å². The zero-order valence-corrected chi connectivity index (χ0v) is 22.3. The third-order valence-electron chi connectivity index (χ3n) is 7.74. The van der Waals surface area contributed by atoms with E-state index in [4.69, 9.17) is 0 Å². The smallest absolute Gasteiger partial charge is 0.236 e. The number of amides is 2. The molecule has 7 heteroatoms. The van der Waals surface area contributed by atoms with Gasteiger partial charge in [-0.25, -0.2) is 4.39 Å². The Kier molecular flexibility index (Phi) is 7.72. The molecular weight excluding hydrogens is 485 g/mol. The van der Waals surface area contributed by atoms with E-state index < -0.39 is 0 Å². The number of carbonyl (C=O) groups is 2. The number of hydrogen-bond acceptors (Lipinski definition) is 4. The summed E-state index contributed by atoms with van der Waals surface area (Å²) in [4.78, 5) is 34.3. The number of benzene rings is 2. The molecule has 0 N–H and O–H groups in total. The molecule has 0 unspecified atom stereocenters. The molecule has 0 bridgehead atoms. The van der Waals surface area contributed by atoms with E-state index >= 15 is 0 Å². The molecule has 3 aromatic rings. The average Bonchev–Trinajstić information content (AvgIpc) is 3.38. The molecule has 5 nitrogen and oxygen atoms in total. The quantitative estimate of drug-likeness (QED) is 0.456. The number of nitrogens with zero attached hydrogens (tertiary/aromatic N) is 3. The second kappa shape index (κ2) is 11.2. The Labute approximate surface area is 222 Å². The minimum atomic E-state index is -0.262. The van der Waals surface area contributed by atoms with Crippen LogP contribution in [0.2, 0.25) is 0 Å². The van der Waals surface area contributed by atoms with Crippen molar-refractivity contribution < 1.29 is 14.0 Å². The highest BCUT2D eigenvalue weighted by Gasteiger charge is 2.36. The first-order valence-electron chi connectivity index (χ1n) is 13.1. The highest BCUT2D eigenvalue weighted by Crippen LogP contribution is 2.38. The maximum absolute atomic E-state index is 14.1. The molecule has 2 aliphatic heterocycles. The lowest BCUT2D eigenvalue weighted by Crippen LogP contribution is -2.57. The fraction of sp³-hybridized carbons (Fsp3) is 0.400. The summed E-state index contributed by atoms with van der Waals surface area (Å²) >= 11 is 1.73. The molecule has 3 heterocycles. The van der Waals surface area contributed by atoms with Crippen LogP contribution in [0.15, 0.2) is 66.0 Å². The van der Waals surface area contributed by atoms with E-state index in [0.717, 1.165) is 30.5 Å². The number of carbonyl (C=O) groups excluding carboxylic acids is 2. The standard InChI is InChI=1S/C30H34FN3O2S/c1-3-25(22-8-5-4-6-9-22)30(36)34-16-15-32(19-21(34)2)28(35)20-33-14-12-27-26(13-17-37-27)29(33)23-10-7-11-24(31)18-23/h4-11,13,17-18,21,25,29H,3,12,14-16,19-20H2,1-2H3/t21-,25+,29+/m1/s1. The molecule has 0 spiro atoms. The highest BCUT2D eigenvalue weighted by atomic mass is 32.1. The Hall–Kier alpha value is -3.03. The highest BCUT2D eigenvalue weighted by molar-refractivity contribution is 7.10. The molecule has 0 saturated carbocycles. The molecule has 1 saturated heterocycles. The van der Waals surface area contributed by atoms with Crippen LogP contribution < -0.4 is 0 Å². The topological polar surface area (TPSA) is 43.9 Å². The first-order chi connectivity index (χ1) is 18.0. The lowest BCUT2D eigenvalue weighted by atomic mass is 9.93. The number of piperazine rings is 1. The van der Waals surface area contributed by atoms with Gasteiger partial charge in [0.25, 0.3) is 0 Å². The summed E-state index contributed by atoms with van der Waals surface area (Å²) in [5.74, 6) is -0.220. The fourth-order valence-corrected chi connectivity index (χ4v) is 6.73. The van der Waals surface area contributed by atoms with Crippen molar-refractivity contribution in [3.63, 3.8) is 0 Å². The number of halogens is 1. The Morgan fingerprint density at radius 1 is 1.05 bits per heavy atom. The van der Waals surface area contributed by atoms with E-state index in [0.29, 0.717) is 19.6 Å². The van der Waals surface area contributed by atoms with Crippen LogP contribution in [-0.2, 0) is 16.0 Å². The molecule has 1 fully saturated rings. The summed E-state index contributed by atoms with van der Waals surface area (Å²) in [5, 5.41) is 2.08. The van der Waals surface area contributed by atoms with E-state index in [9.17, 15) is 14.0 Å². The molecule has 2 aromatic carbocycles. The fourth-order valence-electron chi connectivity index (χ4n) is 5.83. The van der Waals surface area contributed by atoms with Crippen molar-refractivity contribution in [1.29, 1.82) is 0 Å². The van der Waals surface area contributed by atoms with E-state index in [-0.39, 0.29) is 42.2 Å². The van der Waals surface area contributed by atoms with Gasteiger partial charge in [0.15, 0.2) is 0 Å². The van der Waals surface area contributed by atoms with Gasteiger partial charge in [-0.1, -0.05) is 49.4 Å². The van der Waals surface area contributed by atoms with Crippen LogP contribution in [0.25, 0.3) is 0 Å². The van der Waals surface area contributed by atoms with E-state index in [2.05, 4.69) is 16.3 Å². The van der Waals surface area contributed by atoms with Gasteiger partial charge >= 0.3 is 0 Å². The van der Waals surface area contributed by atoms with E-state index in [1.54, 1.807) is 23.5 Å². The van der Waals surface area contributed by atoms with Crippen molar-refractivity contribution in [2.24, 2.45) is 0 Å². The van der Waals surface area contributed by atoms with E-state index in [1.807, 2.05) is 60.0 Å². The van der Waals surface area contributed by atoms with Crippen molar-refractivity contribution in [1.82, 2.24) is 14.7 Å². The van der Waals surface area contributed by atoms with Gasteiger partial charge < -0.3 is 9.80 Å². The molecule has 37 heavy (non-hydrogen) atoms. The van der Waals surface area contributed by atoms with Crippen molar-refractivity contribution in [3.8, 4) is 0 Å². The maximum Gasteiger partial charge on any atom is 0.236 e. The van der Waals surface area contributed by atoms with Gasteiger partial charge in [0.05, 0.1) is 18.5 Å². The molecule has 2 aliphatic rings. The molecule has 2 amide bonds. The van der Waals surface area contributed by atoms with Gasteiger partial charge in [-0.05, 0) is 60.0 Å². The number of rotatable bonds is 6. The van der Waals surface area contributed by atoms with Gasteiger partial charge in [0.1, 0.15) is 5.82 Å². The zero-order valence-electron chi connectivity index (χ0n) is 21.5. The van der Waals surface area contributed by atoms with Crippen molar-refractivity contribution in [3.05, 3.63) is 93.4 Å². The Bertz CT molecular complexity index is 1250. The van der Waals surface area contributed by atoms with Crippen LogP contribution in [0.1, 0.15) is 53.8 Å². The van der Waals surface area contributed by atoms with Crippen LogP contribution >= 0.6 is 11.3 Å². The maximum atomic E-state index is 14.1. The second-order valence-corrected chi connectivity index (χ2v) is 11.1. The van der Waals surface area contributed by atoms with Gasteiger partial charge in [-0.3, -0.25) is 14.5 Å². The van der Waals surface area contributed by atoms with Crippen LogP contribution in [-0.4, -0.2) is 65.3 Å². The normalized spacial score (nSPS) is 20.9. The summed E-state index contributed by atoms with van der Waals surface area (Å²) in [5.41, 5.74) is 3.09. The molecule has 1 aromatic heterocycles. The number of hydrogen-bond donors (Lipinski definition) is 0. The summed E-state index contributed by atoms with van der Waals surface area (Å²) in [7, 11) is 0. The first kappa shape index (κ1) is 25.6. The van der Waals surface area contributed by atoms with Crippen molar-refractivity contribution >= 4 is 23.2 Å². The van der Waals surface area contributed by atoms with Crippen LogP contribution in [0.4, 0.5) is 4.39 Å². The van der Waals surface area contributed by atoms with Gasteiger partial charge in [0.2, 0.25) is 11.8 Å². The molecular formula is C30H34FN3O2S. The summed E-state index contributed by atoms with van der Waals surface area (Å²) in [6.07, 6.45) is 1.64. The molecule has 0 aliphatic carbocycles. The van der Waals surface area contributed by atoms with Crippen LogP contribution in [0.3, 0.4) is 0 Å². The van der Waals surface area contributed by atoms with Gasteiger partial charge in [-0.15, -0.1) is 11.3 Å². The molecule has 0 radical (unpaired) electrons. The summed E-state index contributed by atoms with van der Waals surface area (Å²) in [6.45, 7) is 6.70. The molecule has 194 valence electrons. The minimum absolute atomic E-state index is 0.0492. The first-order valence-corrected chi connectivity index (χ1v) is 14.0. The lowest BCUT2D eigenvalue weighted by Gasteiger charge is -2.42. The Morgan fingerprint density at radius 3 is 2.59 bits per heavy atom. The predicted octanol–water partition coefficient (Wildman–Crippen LogP) is 5.09. The predicted molar refractivity (Wildman–Crippen MR) is 145 cm³/mol. The van der Waals surface area contributed by atoms with Gasteiger partial charge in [-0.2, -0.15) is 0 Å². The third-order valence-corrected chi connectivity index (χ3v) is 8.74. The van der Waals surface area contributed by atoms with Crippen molar-refractivity contribution in [2.75, 3.05) is 32.7 Å². The summed E-state index contributed by atoms with van der Waals surface area (Å²) < 4.78 is 14.1. The number of thiophene rings is 1. The monoisotopic (exact) mass is 519 g/mol. The Morgan fingerprint density at radius 2 is 1.86 bits per heavy atom. The lowest BCUT2D eigenvalue weighted by molar-refractivity contribution is -0.144. The second-order valence-electron chi connectivity index (χ2n) is 10.1. The zero-order chi connectivity index (χ0) is 25.9. The van der Waals surface area contributed by atoms with E-state index in [1.165, 1.54) is 16.5 Å². The molecule has 5 rings (SSSR count). The minimum Gasteiger partial charge on any atom is -0.338 e. The molecule has 3 atom stereocenters. The summed E-state index contributed by atoms with van der Waals surface area (Å²) in [6, 6.07) is 18.6. The van der Waals surface area contributed by atoms with Crippen molar-refractivity contribution in [2.45, 2.75) is 44.7 Å². The van der Waals surface area contributed by atoms with Crippen LogP contribution in [0, 0.1) is 5.82 Å². The van der Waals surface area contributed by atoms with Crippen LogP contribution in [0.5, 0.6) is 0 Å².